The molecular formula is C37H43N5O6S. The van der Waals surface area contributed by atoms with E-state index in [0.29, 0.717) is 46.9 Å². The summed E-state index contributed by atoms with van der Waals surface area (Å²) in [7, 11) is 4.55. The molecule has 1 unspecified atom stereocenters. The second kappa shape index (κ2) is 16.5. The second-order valence-electron chi connectivity index (χ2n) is 11.7. The molecule has 258 valence electrons. The molecule has 0 radical (unpaired) electrons. The first-order chi connectivity index (χ1) is 23.7. The van der Waals surface area contributed by atoms with Gasteiger partial charge in [0.25, 0.3) is 5.91 Å². The lowest BCUT2D eigenvalue weighted by Crippen LogP contribution is -2.42. The predicted octanol–water partition coefficient (Wildman–Crippen LogP) is 5.77. The van der Waals surface area contributed by atoms with E-state index in [4.69, 9.17) is 18.9 Å². The van der Waals surface area contributed by atoms with Crippen LogP contribution in [0.5, 0.6) is 17.2 Å². The third kappa shape index (κ3) is 8.81. The van der Waals surface area contributed by atoms with Crippen LogP contribution in [0.2, 0.25) is 0 Å². The third-order valence-corrected chi connectivity index (χ3v) is 9.11. The van der Waals surface area contributed by atoms with Crippen LogP contribution in [0.4, 0.5) is 11.4 Å². The Morgan fingerprint density at radius 1 is 0.898 bits per heavy atom. The number of anilines is 2. The van der Waals surface area contributed by atoms with Gasteiger partial charge in [-0.25, -0.2) is 9.97 Å². The van der Waals surface area contributed by atoms with Crippen LogP contribution in [0.3, 0.4) is 0 Å². The average molecular weight is 686 g/mol. The smallest absolute Gasteiger partial charge is 0.251 e. The van der Waals surface area contributed by atoms with Crippen molar-refractivity contribution in [3.63, 3.8) is 0 Å². The van der Waals surface area contributed by atoms with Crippen molar-refractivity contribution < 1.29 is 28.5 Å². The lowest BCUT2D eigenvalue weighted by molar-refractivity contribution is -0.137. The van der Waals surface area contributed by atoms with Crippen LogP contribution in [-0.4, -0.2) is 80.1 Å². The number of nitrogens with one attached hydrogen (secondary N) is 1. The van der Waals surface area contributed by atoms with Gasteiger partial charge in [-0.3, -0.25) is 9.59 Å². The molecule has 0 aliphatic carbocycles. The van der Waals surface area contributed by atoms with Gasteiger partial charge < -0.3 is 34.1 Å². The second-order valence-corrected chi connectivity index (χ2v) is 12.6. The number of thioether (sulfide) groups is 1. The number of hydrogen-bond acceptors (Lipinski definition) is 10. The van der Waals surface area contributed by atoms with Crippen LogP contribution in [0, 0.1) is 20.8 Å². The fraction of sp³-hybridized carbons (Fsp3) is 0.351. The summed E-state index contributed by atoms with van der Waals surface area (Å²) in [5.74, 6) is 0.454. The molecule has 1 aromatic heterocycles. The number of carbonyl (C=O) groups is 2. The Bertz CT molecular complexity index is 1720. The van der Waals surface area contributed by atoms with Gasteiger partial charge in [0.15, 0.2) is 16.7 Å². The molecule has 1 aliphatic heterocycles. The Kier molecular flexibility index (Phi) is 12.0. The van der Waals surface area contributed by atoms with Crippen LogP contribution in [0.25, 0.3) is 0 Å². The number of aromatic nitrogens is 2. The van der Waals surface area contributed by atoms with Gasteiger partial charge >= 0.3 is 0 Å². The van der Waals surface area contributed by atoms with Gasteiger partial charge in [-0.15, -0.1) is 0 Å². The van der Waals surface area contributed by atoms with Crippen molar-refractivity contribution in [2.45, 2.75) is 38.5 Å². The normalized spacial score (nSPS) is 13.4. The number of rotatable bonds is 13. The largest absolute Gasteiger partial charge is 0.493 e. The number of hydrogen-bond donors (Lipinski definition) is 1. The Balaban J connectivity index is 1.55. The predicted molar refractivity (Wildman–Crippen MR) is 191 cm³/mol. The molecule has 1 atom stereocenters. The Morgan fingerprint density at radius 3 is 2.12 bits per heavy atom. The van der Waals surface area contributed by atoms with E-state index in [1.807, 2.05) is 75.4 Å². The van der Waals surface area contributed by atoms with Crippen molar-refractivity contribution in [3.8, 4) is 17.2 Å². The highest BCUT2D eigenvalue weighted by Crippen LogP contribution is 2.41. The zero-order valence-electron chi connectivity index (χ0n) is 28.8. The minimum Gasteiger partial charge on any atom is -0.493 e. The average Bonchev–Trinajstić information content (AvgIpc) is 3.11. The van der Waals surface area contributed by atoms with Gasteiger partial charge in [0.05, 0.1) is 40.3 Å². The minimum absolute atomic E-state index is 0.0111. The third-order valence-electron chi connectivity index (χ3n) is 8.28. The van der Waals surface area contributed by atoms with Crippen LogP contribution in [-0.2, 0) is 20.9 Å². The number of morpholine rings is 1. The zero-order valence-corrected chi connectivity index (χ0v) is 29.6. The molecule has 1 saturated heterocycles. The number of ether oxygens (including phenoxy) is 4. The maximum Gasteiger partial charge on any atom is 0.251 e. The summed E-state index contributed by atoms with van der Waals surface area (Å²) < 4.78 is 22.4. The van der Waals surface area contributed by atoms with Gasteiger partial charge in [0, 0.05) is 42.4 Å². The molecule has 2 amide bonds. The van der Waals surface area contributed by atoms with E-state index < -0.39 is 11.9 Å². The van der Waals surface area contributed by atoms with Gasteiger partial charge in [0.2, 0.25) is 11.7 Å². The zero-order chi connectivity index (χ0) is 34.9. The molecule has 12 heteroatoms. The number of nitrogens with zero attached hydrogens (tertiary/aromatic N) is 4. The number of aryl methyl sites for hydroxylation is 3. The topological polar surface area (TPSA) is 115 Å². The van der Waals surface area contributed by atoms with Crippen molar-refractivity contribution >= 4 is 35.0 Å². The minimum atomic E-state index is -1.08. The molecule has 49 heavy (non-hydrogen) atoms. The molecule has 3 aromatic carbocycles. The summed E-state index contributed by atoms with van der Waals surface area (Å²) in [4.78, 5) is 41.8. The van der Waals surface area contributed by atoms with Crippen LogP contribution in [0.1, 0.15) is 34.1 Å². The van der Waals surface area contributed by atoms with Crippen molar-refractivity contribution in [2.24, 2.45) is 0 Å². The molecule has 0 spiro atoms. The van der Waals surface area contributed by atoms with E-state index in [2.05, 4.69) is 20.2 Å². The summed E-state index contributed by atoms with van der Waals surface area (Å²) in [6, 6.07) is 19.7. The first kappa shape index (κ1) is 35.5. The highest BCUT2D eigenvalue weighted by molar-refractivity contribution is 7.99. The van der Waals surface area contributed by atoms with E-state index in [1.165, 1.54) is 33.1 Å². The van der Waals surface area contributed by atoms with Crippen molar-refractivity contribution in [2.75, 3.05) is 63.6 Å². The Hall–Kier alpha value is -4.81. The van der Waals surface area contributed by atoms with Crippen molar-refractivity contribution in [1.82, 2.24) is 14.9 Å². The Labute approximate surface area is 291 Å². The molecule has 11 nitrogen and oxygen atoms in total. The molecule has 1 fully saturated rings. The molecule has 5 rings (SSSR count). The fourth-order valence-corrected chi connectivity index (χ4v) is 6.62. The lowest BCUT2D eigenvalue weighted by Gasteiger charge is -2.32. The number of benzene rings is 3. The summed E-state index contributed by atoms with van der Waals surface area (Å²) in [5.41, 5.74) is 5.66. The number of methoxy groups -OCH3 is 3. The molecule has 0 bridgehead atoms. The SMILES string of the molecule is COc1cc(C(C(=O)Nc2ccc(N3CCOCC3)cc2)N(Cc2ccccc2C)C(=O)CSc2nc(C)cc(C)n2)cc(OC)c1OC. The maximum atomic E-state index is 14.6. The molecule has 1 aliphatic rings. The van der Waals surface area contributed by atoms with Crippen LogP contribution >= 0.6 is 11.8 Å². The molecule has 1 N–H and O–H groups in total. The van der Waals surface area contributed by atoms with E-state index in [1.54, 1.807) is 17.0 Å². The molecule has 4 aromatic rings. The highest BCUT2D eigenvalue weighted by Gasteiger charge is 2.34. The summed E-state index contributed by atoms with van der Waals surface area (Å²) >= 11 is 1.24. The summed E-state index contributed by atoms with van der Waals surface area (Å²) in [6.07, 6.45) is 0. The first-order valence-corrected chi connectivity index (χ1v) is 17.0. The van der Waals surface area contributed by atoms with Crippen molar-refractivity contribution in [3.05, 3.63) is 94.8 Å². The lowest BCUT2D eigenvalue weighted by atomic mass is 10.0. The Morgan fingerprint density at radius 2 is 1.53 bits per heavy atom. The molecule has 0 saturated carbocycles. The maximum absolute atomic E-state index is 14.6. The van der Waals surface area contributed by atoms with Crippen molar-refractivity contribution in [1.29, 1.82) is 0 Å². The van der Waals surface area contributed by atoms with Gasteiger partial charge in [0.1, 0.15) is 6.04 Å². The number of amides is 2. The van der Waals surface area contributed by atoms with Crippen LogP contribution < -0.4 is 24.4 Å². The van der Waals surface area contributed by atoms with Gasteiger partial charge in [-0.05, 0) is 79.9 Å². The van der Waals surface area contributed by atoms with E-state index >= 15 is 0 Å². The van der Waals surface area contributed by atoms with E-state index in [9.17, 15) is 9.59 Å². The van der Waals surface area contributed by atoms with Gasteiger partial charge in [-0.2, -0.15) is 0 Å². The summed E-state index contributed by atoms with van der Waals surface area (Å²) in [5, 5.41) is 3.57. The van der Waals surface area contributed by atoms with E-state index in [0.717, 1.165) is 41.3 Å². The summed E-state index contributed by atoms with van der Waals surface area (Å²) in [6.45, 7) is 8.89. The van der Waals surface area contributed by atoms with Crippen LogP contribution in [0.15, 0.2) is 71.9 Å². The monoisotopic (exact) mass is 685 g/mol. The molecule has 2 heterocycles. The van der Waals surface area contributed by atoms with Gasteiger partial charge in [-0.1, -0.05) is 36.0 Å². The first-order valence-electron chi connectivity index (χ1n) is 16.0. The standard InChI is InChI=1S/C37H43N5O6S/c1-24-9-7-8-10-27(24)22-42(33(43)23-49-37-38-25(2)19-26(3)39-37)34(28-20-31(45-4)35(47-6)32(21-28)46-5)36(44)40-29-11-13-30(14-12-29)41-15-17-48-18-16-41/h7-14,19-21,34H,15-18,22-23H2,1-6H3,(H,40,44). The quantitative estimate of drug-likeness (QED) is 0.138. The highest BCUT2D eigenvalue weighted by atomic mass is 32.2. The molecular weight excluding hydrogens is 643 g/mol. The number of carbonyl (C=O) groups excluding carboxylic acids is 2. The fourth-order valence-electron chi connectivity index (χ4n) is 5.78. The van der Waals surface area contributed by atoms with E-state index in [-0.39, 0.29) is 18.2 Å².